The third-order valence-electron chi connectivity index (χ3n) is 4.24. The van der Waals surface area contributed by atoms with Crippen molar-refractivity contribution in [3.8, 4) is 0 Å². The van der Waals surface area contributed by atoms with Crippen molar-refractivity contribution in [1.82, 2.24) is 9.97 Å². The minimum Gasteiger partial charge on any atom is -0.355 e. The number of benzene rings is 1. The summed E-state index contributed by atoms with van der Waals surface area (Å²) in [6.45, 7) is 19.1. The molecule has 4 heteroatoms. The molecule has 0 radical (unpaired) electrons. The van der Waals surface area contributed by atoms with Gasteiger partial charge in [-0.25, -0.2) is 0 Å². The second-order valence-corrected chi connectivity index (χ2v) is 5.49. The lowest BCUT2D eigenvalue weighted by molar-refractivity contribution is 1.25. The van der Waals surface area contributed by atoms with E-state index in [0.717, 1.165) is 5.35 Å². The van der Waals surface area contributed by atoms with Crippen LogP contribution in [0.15, 0.2) is 34.9 Å². The molecule has 2 heterocycles. The number of aromatic amines is 2. The summed E-state index contributed by atoms with van der Waals surface area (Å²) in [6, 6.07) is 3.44. The Balaban J connectivity index is 0.000000921. The molecule has 28 heavy (non-hydrogen) atoms. The Hall–Kier alpha value is -3.14. The Bertz CT molecular complexity index is 1240. The zero-order valence-corrected chi connectivity index (χ0v) is 17.7. The summed E-state index contributed by atoms with van der Waals surface area (Å²) in [4.78, 5) is 31.8. The lowest BCUT2D eigenvalue weighted by Gasteiger charge is -2.07. The van der Waals surface area contributed by atoms with Crippen molar-refractivity contribution >= 4 is 46.1 Å². The number of hydrogen-bond donors (Lipinski definition) is 2. The van der Waals surface area contributed by atoms with Gasteiger partial charge in [-0.05, 0) is 32.1 Å². The maximum absolute atomic E-state index is 12.7. The van der Waals surface area contributed by atoms with Crippen molar-refractivity contribution in [1.29, 1.82) is 0 Å². The van der Waals surface area contributed by atoms with Gasteiger partial charge in [-0.15, -0.1) is 0 Å². The van der Waals surface area contributed by atoms with Gasteiger partial charge in [-0.3, -0.25) is 9.59 Å². The summed E-state index contributed by atoms with van der Waals surface area (Å²) in [6.07, 6.45) is 6.73. The standard InChI is InChI=1S/C20H18N2O2.2C2H6/c1-5-11-15(7-3)21-17-10-14-18(9-13(17)19(11)23)22-16(8-4)12(6-2)20(14)24;2*1-2/h5-10,22H,1,3H2,2,4H3,(H,21,23);2*1-2H3/b12-6+,16-8+;;. The molecule has 2 N–H and O–H groups in total. The van der Waals surface area contributed by atoms with E-state index in [0.29, 0.717) is 38.3 Å². The van der Waals surface area contributed by atoms with E-state index in [2.05, 4.69) is 23.1 Å². The molecule has 0 saturated carbocycles. The Kier molecular flexibility index (Phi) is 8.39. The maximum atomic E-state index is 12.7. The van der Waals surface area contributed by atoms with E-state index in [1.165, 1.54) is 6.08 Å². The van der Waals surface area contributed by atoms with E-state index in [-0.39, 0.29) is 10.9 Å². The van der Waals surface area contributed by atoms with Crippen molar-refractivity contribution in [3.05, 3.63) is 67.6 Å². The Morgan fingerprint density at radius 1 is 0.786 bits per heavy atom. The summed E-state index contributed by atoms with van der Waals surface area (Å²) in [5, 5.41) is 2.42. The number of fused-ring (bicyclic) bond motifs is 2. The van der Waals surface area contributed by atoms with Crippen LogP contribution in [0, 0.1) is 0 Å². The molecule has 0 aliphatic heterocycles. The van der Waals surface area contributed by atoms with Crippen LogP contribution in [0.2, 0.25) is 0 Å². The van der Waals surface area contributed by atoms with Crippen LogP contribution in [0.5, 0.6) is 0 Å². The van der Waals surface area contributed by atoms with Crippen molar-refractivity contribution in [2.75, 3.05) is 0 Å². The summed E-state index contributed by atoms with van der Waals surface area (Å²) in [5.74, 6) is 0. The molecular formula is C24H30N2O2. The molecule has 0 bridgehead atoms. The van der Waals surface area contributed by atoms with Crippen LogP contribution in [-0.4, -0.2) is 9.97 Å². The molecule has 0 spiro atoms. The van der Waals surface area contributed by atoms with Crippen molar-refractivity contribution in [2.24, 2.45) is 0 Å². The summed E-state index contributed by atoms with van der Waals surface area (Å²) in [5.41, 5.74) is 2.12. The quantitative estimate of drug-likeness (QED) is 0.653. The molecule has 148 valence electrons. The molecule has 1 aromatic carbocycles. The molecule has 0 aliphatic rings. The van der Waals surface area contributed by atoms with E-state index in [4.69, 9.17) is 0 Å². The third-order valence-corrected chi connectivity index (χ3v) is 4.24. The predicted molar refractivity (Wildman–Crippen MR) is 125 cm³/mol. The number of hydrogen-bond acceptors (Lipinski definition) is 2. The molecule has 3 aromatic rings. The molecule has 4 nitrogen and oxygen atoms in total. The Morgan fingerprint density at radius 3 is 1.79 bits per heavy atom. The van der Waals surface area contributed by atoms with Crippen molar-refractivity contribution < 1.29 is 0 Å². The molecular weight excluding hydrogens is 348 g/mol. The number of rotatable bonds is 2. The molecule has 0 aliphatic carbocycles. The number of pyridine rings is 2. The highest BCUT2D eigenvalue weighted by Crippen LogP contribution is 2.17. The zero-order valence-electron chi connectivity index (χ0n) is 17.7. The summed E-state index contributed by atoms with van der Waals surface area (Å²) < 4.78 is 0. The van der Waals surface area contributed by atoms with Crippen LogP contribution in [-0.2, 0) is 0 Å². The van der Waals surface area contributed by atoms with Gasteiger partial charge in [0.1, 0.15) is 0 Å². The maximum Gasteiger partial charge on any atom is 0.197 e. The lowest BCUT2D eigenvalue weighted by atomic mass is 10.0. The lowest BCUT2D eigenvalue weighted by Crippen LogP contribution is -2.40. The third kappa shape index (κ3) is 3.91. The monoisotopic (exact) mass is 378 g/mol. The predicted octanol–water partition coefficient (Wildman–Crippen LogP) is 4.31. The van der Waals surface area contributed by atoms with Crippen LogP contribution >= 0.6 is 0 Å². The largest absolute Gasteiger partial charge is 0.355 e. The van der Waals surface area contributed by atoms with Gasteiger partial charge in [-0.1, -0.05) is 59.1 Å². The fourth-order valence-electron chi connectivity index (χ4n) is 3.02. The average Bonchev–Trinajstić information content (AvgIpc) is 2.75. The SMILES string of the molecule is C=Cc1[nH]c2cc3c(=O)c(=C/C)/c(=C\C)[nH]c3cc2c(=O)c1C=C.CC.CC. The molecule has 3 rings (SSSR count). The topological polar surface area (TPSA) is 65.7 Å². The smallest absolute Gasteiger partial charge is 0.197 e. The van der Waals surface area contributed by atoms with E-state index in [1.807, 2.05) is 47.6 Å². The second kappa shape index (κ2) is 10.3. The molecule has 0 saturated heterocycles. The van der Waals surface area contributed by atoms with Crippen LogP contribution < -0.4 is 21.4 Å². The molecule has 0 fully saturated rings. The van der Waals surface area contributed by atoms with Gasteiger partial charge < -0.3 is 9.97 Å². The van der Waals surface area contributed by atoms with E-state index in [1.54, 1.807) is 24.3 Å². The van der Waals surface area contributed by atoms with E-state index < -0.39 is 0 Å². The zero-order chi connectivity index (χ0) is 21.4. The van der Waals surface area contributed by atoms with Crippen LogP contribution in [0.3, 0.4) is 0 Å². The fraction of sp³-hybridized carbons (Fsp3) is 0.250. The highest BCUT2D eigenvalue weighted by Gasteiger charge is 2.11. The highest BCUT2D eigenvalue weighted by molar-refractivity contribution is 5.95. The average molecular weight is 379 g/mol. The summed E-state index contributed by atoms with van der Waals surface area (Å²) in [7, 11) is 0. The van der Waals surface area contributed by atoms with Crippen molar-refractivity contribution in [3.63, 3.8) is 0 Å². The molecule has 0 unspecified atom stereocenters. The Labute approximate surface area is 165 Å². The number of aromatic nitrogens is 2. The van der Waals surface area contributed by atoms with E-state index >= 15 is 0 Å². The molecule has 2 aromatic heterocycles. The Morgan fingerprint density at radius 2 is 1.32 bits per heavy atom. The highest BCUT2D eigenvalue weighted by atomic mass is 16.1. The normalized spacial score (nSPS) is 11.5. The van der Waals surface area contributed by atoms with Gasteiger partial charge in [0, 0.05) is 32.6 Å². The van der Waals surface area contributed by atoms with Gasteiger partial charge >= 0.3 is 0 Å². The van der Waals surface area contributed by atoms with Gasteiger partial charge in [-0.2, -0.15) is 0 Å². The van der Waals surface area contributed by atoms with Crippen LogP contribution in [0.4, 0.5) is 0 Å². The first kappa shape index (κ1) is 22.9. The number of H-pyrrole nitrogens is 2. The van der Waals surface area contributed by atoms with Gasteiger partial charge in [0.05, 0.1) is 11.0 Å². The first-order valence-corrected chi connectivity index (χ1v) is 9.69. The van der Waals surface area contributed by atoms with E-state index in [9.17, 15) is 9.59 Å². The first-order chi connectivity index (χ1) is 13.5. The van der Waals surface area contributed by atoms with Gasteiger partial charge in [0.2, 0.25) is 0 Å². The van der Waals surface area contributed by atoms with Gasteiger partial charge in [0.15, 0.2) is 10.9 Å². The first-order valence-electron chi connectivity index (χ1n) is 9.69. The van der Waals surface area contributed by atoms with Crippen LogP contribution in [0.25, 0.3) is 46.1 Å². The molecule has 0 atom stereocenters. The fourth-order valence-corrected chi connectivity index (χ4v) is 3.02. The van der Waals surface area contributed by atoms with Gasteiger partial charge in [0.25, 0.3) is 0 Å². The van der Waals surface area contributed by atoms with Crippen LogP contribution in [0.1, 0.15) is 52.8 Å². The second-order valence-electron chi connectivity index (χ2n) is 5.49. The number of nitrogens with one attached hydrogen (secondary N) is 2. The van der Waals surface area contributed by atoms with Crippen molar-refractivity contribution in [2.45, 2.75) is 41.5 Å². The summed E-state index contributed by atoms with van der Waals surface area (Å²) >= 11 is 0. The minimum absolute atomic E-state index is 0.0601. The molecule has 0 amide bonds. The minimum atomic E-state index is -0.135.